The van der Waals surface area contributed by atoms with Crippen molar-refractivity contribution in [2.24, 2.45) is 5.92 Å². The Labute approximate surface area is 136 Å². The van der Waals surface area contributed by atoms with Crippen molar-refractivity contribution in [2.45, 2.75) is 35.8 Å². The van der Waals surface area contributed by atoms with Crippen LogP contribution in [0, 0.1) is 5.92 Å². The Morgan fingerprint density at radius 2 is 2.29 bits per heavy atom. The molecule has 1 N–H and O–H groups in total. The molecule has 2 heterocycles. The van der Waals surface area contributed by atoms with Gasteiger partial charge in [0.2, 0.25) is 0 Å². The molecule has 1 aromatic carbocycles. The molecule has 0 aromatic heterocycles. The molecule has 3 unspecified atom stereocenters. The number of hydrogen-bond acceptors (Lipinski definition) is 4. The third kappa shape index (κ3) is 3.98. The van der Waals surface area contributed by atoms with Gasteiger partial charge in [-0.25, -0.2) is 0 Å². The summed E-state index contributed by atoms with van der Waals surface area (Å²) in [6.07, 6.45) is 3.69. The molecular weight excluding hydrogens is 298 g/mol. The summed E-state index contributed by atoms with van der Waals surface area (Å²) in [6.45, 7) is 0.944. The number of rotatable bonds is 5. The number of nitrogens with one attached hydrogen (secondary N) is 1. The standard InChI is InChI=1S/C17H25NOS2/c1-18-16(12-21-15-5-3-2-4-6-15)14-7-9-19-17(11-14)8-10-20-13-17/h2-6,14,16,18H,7-13H2,1H3. The Morgan fingerprint density at radius 1 is 1.43 bits per heavy atom. The summed E-state index contributed by atoms with van der Waals surface area (Å²) in [5.41, 5.74) is 0.195. The van der Waals surface area contributed by atoms with Crippen molar-refractivity contribution in [1.82, 2.24) is 5.32 Å². The highest BCUT2D eigenvalue weighted by molar-refractivity contribution is 7.99. The Bertz CT molecular complexity index is 434. The van der Waals surface area contributed by atoms with E-state index in [-0.39, 0.29) is 5.60 Å². The van der Waals surface area contributed by atoms with Gasteiger partial charge in [0.05, 0.1) is 5.60 Å². The highest BCUT2D eigenvalue weighted by Crippen LogP contribution is 2.41. The molecule has 1 spiro atoms. The Kier molecular flexibility index (Phi) is 5.54. The van der Waals surface area contributed by atoms with Crippen LogP contribution in [0.25, 0.3) is 0 Å². The third-order valence-electron chi connectivity index (χ3n) is 4.71. The molecule has 21 heavy (non-hydrogen) atoms. The Balaban J connectivity index is 1.57. The van der Waals surface area contributed by atoms with Crippen molar-refractivity contribution < 1.29 is 4.74 Å². The molecule has 0 amide bonds. The van der Waals surface area contributed by atoms with Gasteiger partial charge in [-0.2, -0.15) is 11.8 Å². The maximum absolute atomic E-state index is 6.16. The lowest BCUT2D eigenvalue weighted by atomic mass is 9.82. The summed E-state index contributed by atoms with van der Waals surface area (Å²) in [6, 6.07) is 11.3. The topological polar surface area (TPSA) is 21.3 Å². The summed E-state index contributed by atoms with van der Waals surface area (Å²) in [5.74, 6) is 4.37. The molecule has 116 valence electrons. The first-order chi connectivity index (χ1) is 10.3. The lowest BCUT2D eigenvalue weighted by Gasteiger charge is -2.40. The van der Waals surface area contributed by atoms with E-state index in [1.54, 1.807) is 0 Å². The maximum atomic E-state index is 6.16. The summed E-state index contributed by atoms with van der Waals surface area (Å²) in [5, 5.41) is 3.57. The van der Waals surface area contributed by atoms with E-state index in [1.807, 2.05) is 11.8 Å². The number of thioether (sulfide) groups is 2. The van der Waals surface area contributed by atoms with Crippen LogP contribution in [0.4, 0.5) is 0 Å². The average Bonchev–Trinajstić information content (AvgIpc) is 2.97. The molecule has 3 atom stereocenters. The molecule has 0 aliphatic carbocycles. The van der Waals surface area contributed by atoms with E-state index in [0.29, 0.717) is 6.04 Å². The Hall–Kier alpha value is -0.160. The van der Waals surface area contributed by atoms with E-state index in [1.165, 1.54) is 35.7 Å². The predicted octanol–water partition coefficient (Wildman–Crippen LogP) is 3.67. The van der Waals surface area contributed by atoms with Crippen LogP contribution in [0.3, 0.4) is 0 Å². The number of hydrogen-bond donors (Lipinski definition) is 1. The van der Waals surface area contributed by atoms with Gasteiger partial charge in [-0.15, -0.1) is 11.8 Å². The van der Waals surface area contributed by atoms with Crippen molar-refractivity contribution in [2.75, 3.05) is 30.9 Å². The first-order valence-corrected chi connectivity index (χ1v) is 10.0. The van der Waals surface area contributed by atoms with Crippen molar-refractivity contribution in [1.29, 1.82) is 0 Å². The van der Waals surface area contributed by atoms with Crippen molar-refractivity contribution in [3.8, 4) is 0 Å². The van der Waals surface area contributed by atoms with Gasteiger partial charge < -0.3 is 10.1 Å². The van der Waals surface area contributed by atoms with Crippen LogP contribution in [0.1, 0.15) is 19.3 Å². The van der Waals surface area contributed by atoms with Gasteiger partial charge in [-0.05, 0) is 50.1 Å². The summed E-state index contributed by atoms with van der Waals surface area (Å²) >= 11 is 4.03. The first kappa shape index (κ1) is 15.7. The second-order valence-corrected chi connectivity index (χ2v) is 8.30. The predicted molar refractivity (Wildman–Crippen MR) is 93.4 cm³/mol. The van der Waals surface area contributed by atoms with Gasteiger partial charge in [0, 0.05) is 29.0 Å². The van der Waals surface area contributed by atoms with E-state index < -0.39 is 0 Å². The summed E-state index contributed by atoms with van der Waals surface area (Å²) in [7, 11) is 2.11. The van der Waals surface area contributed by atoms with Crippen molar-refractivity contribution in [3.63, 3.8) is 0 Å². The van der Waals surface area contributed by atoms with Gasteiger partial charge >= 0.3 is 0 Å². The minimum absolute atomic E-state index is 0.195. The molecule has 2 aliphatic rings. The van der Waals surface area contributed by atoms with Crippen molar-refractivity contribution in [3.05, 3.63) is 30.3 Å². The van der Waals surface area contributed by atoms with Crippen LogP contribution in [0.15, 0.2) is 35.2 Å². The van der Waals surface area contributed by atoms with Crippen LogP contribution in [0.5, 0.6) is 0 Å². The minimum atomic E-state index is 0.195. The molecule has 0 radical (unpaired) electrons. The molecule has 4 heteroatoms. The van der Waals surface area contributed by atoms with Crippen LogP contribution >= 0.6 is 23.5 Å². The van der Waals surface area contributed by atoms with E-state index >= 15 is 0 Å². The van der Waals surface area contributed by atoms with E-state index in [4.69, 9.17) is 4.74 Å². The first-order valence-electron chi connectivity index (χ1n) is 7.88. The normalized spacial score (nSPS) is 30.6. The van der Waals surface area contributed by atoms with E-state index in [9.17, 15) is 0 Å². The maximum Gasteiger partial charge on any atom is 0.0783 e. The fourth-order valence-electron chi connectivity index (χ4n) is 3.43. The average molecular weight is 324 g/mol. The second-order valence-electron chi connectivity index (χ2n) is 6.11. The third-order valence-corrected chi connectivity index (χ3v) is 7.07. The smallest absolute Gasteiger partial charge is 0.0783 e. The quantitative estimate of drug-likeness (QED) is 0.834. The summed E-state index contributed by atoms with van der Waals surface area (Å²) in [4.78, 5) is 1.37. The Morgan fingerprint density at radius 3 is 3.00 bits per heavy atom. The van der Waals surface area contributed by atoms with Gasteiger partial charge in [-0.3, -0.25) is 0 Å². The molecule has 2 fully saturated rings. The summed E-state index contributed by atoms with van der Waals surface area (Å²) < 4.78 is 6.16. The highest BCUT2D eigenvalue weighted by Gasteiger charge is 2.42. The zero-order valence-corrected chi connectivity index (χ0v) is 14.3. The van der Waals surface area contributed by atoms with Crippen LogP contribution in [-0.2, 0) is 4.74 Å². The van der Waals surface area contributed by atoms with Crippen LogP contribution < -0.4 is 5.32 Å². The molecule has 1 aromatic rings. The molecule has 3 rings (SSSR count). The fraction of sp³-hybridized carbons (Fsp3) is 0.647. The molecule has 2 nitrogen and oxygen atoms in total. The lowest BCUT2D eigenvalue weighted by molar-refractivity contribution is -0.0835. The van der Waals surface area contributed by atoms with Gasteiger partial charge in [0.1, 0.15) is 0 Å². The minimum Gasteiger partial charge on any atom is -0.374 e. The molecule has 0 bridgehead atoms. The molecule has 0 saturated carbocycles. The lowest BCUT2D eigenvalue weighted by Crippen LogP contribution is -2.47. The van der Waals surface area contributed by atoms with Gasteiger partial charge in [0.15, 0.2) is 0 Å². The zero-order chi connectivity index (χ0) is 14.5. The van der Waals surface area contributed by atoms with Gasteiger partial charge in [-0.1, -0.05) is 18.2 Å². The molecule has 2 aliphatic heterocycles. The number of ether oxygens (including phenoxy) is 1. The number of benzene rings is 1. The van der Waals surface area contributed by atoms with Crippen molar-refractivity contribution >= 4 is 23.5 Å². The highest BCUT2D eigenvalue weighted by atomic mass is 32.2. The monoisotopic (exact) mass is 323 g/mol. The fourth-order valence-corrected chi connectivity index (χ4v) is 5.97. The zero-order valence-electron chi connectivity index (χ0n) is 12.7. The molecular formula is C17H25NOS2. The van der Waals surface area contributed by atoms with Crippen LogP contribution in [-0.4, -0.2) is 42.6 Å². The second kappa shape index (κ2) is 7.40. The largest absolute Gasteiger partial charge is 0.374 e. The van der Waals surface area contributed by atoms with Crippen LogP contribution in [0.2, 0.25) is 0 Å². The van der Waals surface area contributed by atoms with E-state index in [2.05, 4.69) is 54.5 Å². The molecule has 2 saturated heterocycles. The van der Waals surface area contributed by atoms with E-state index in [0.717, 1.165) is 18.3 Å². The SMILES string of the molecule is CNC(CSc1ccccc1)C1CCOC2(CCSC2)C1. The van der Waals surface area contributed by atoms with Gasteiger partial charge in [0.25, 0.3) is 0 Å².